The molecule has 0 aromatic rings. The molecule has 4 rings (SSSR count). The summed E-state index contributed by atoms with van der Waals surface area (Å²) < 4.78 is 5.66. The first-order valence-corrected chi connectivity index (χ1v) is 6.24. The van der Waals surface area contributed by atoms with Gasteiger partial charge in [-0.2, -0.15) is 0 Å². The number of epoxide rings is 1. The van der Waals surface area contributed by atoms with Crippen LogP contribution in [0.1, 0.15) is 38.5 Å². The second-order valence-corrected chi connectivity index (χ2v) is 5.91. The van der Waals surface area contributed by atoms with Gasteiger partial charge in [-0.15, -0.1) is 0 Å². The van der Waals surface area contributed by atoms with Crippen molar-refractivity contribution in [1.82, 2.24) is 4.90 Å². The highest BCUT2D eigenvalue weighted by atomic mass is 16.6. The number of rotatable bonds is 2. The molecule has 0 N–H and O–H groups in total. The molecule has 2 nitrogen and oxygen atoms in total. The zero-order valence-electron chi connectivity index (χ0n) is 8.74. The predicted molar refractivity (Wildman–Crippen MR) is 54.2 cm³/mol. The largest absolute Gasteiger partial charge is 0.369 e. The fourth-order valence-electron chi connectivity index (χ4n) is 3.63. The minimum atomic E-state index is 0.381. The van der Waals surface area contributed by atoms with Crippen LogP contribution in [-0.4, -0.2) is 35.7 Å². The summed E-state index contributed by atoms with van der Waals surface area (Å²) in [6, 6.07) is 1.77. The fourth-order valence-corrected chi connectivity index (χ4v) is 3.63. The van der Waals surface area contributed by atoms with Crippen molar-refractivity contribution in [3.8, 4) is 0 Å². The smallest absolute Gasteiger partial charge is 0.0946 e. The van der Waals surface area contributed by atoms with Crippen LogP contribution < -0.4 is 0 Å². The van der Waals surface area contributed by atoms with E-state index in [4.69, 9.17) is 4.74 Å². The Morgan fingerprint density at radius 1 is 1.07 bits per heavy atom. The van der Waals surface area contributed by atoms with Gasteiger partial charge in [0.1, 0.15) is 0 Å². The highest BCUT2D eigenvalue weighted by Gasteiger charge is 2.56. The Morgan fingerprint density at radius 3 is 2.21 bits per heavy atom. The lowest BCUT2D eigenvalue weighted by atomic mass is 9.91. The summed E-state index contributed by atoms with van der Waals surface area (Å²) in [5, 5.41) is 0. The quantitative estimate of drug-likeness (QED) is 0.621. The summed E-state index contributed by atoms with van der Waals surface area (Å²) in [6.07, 6.45) is 8.58. The average molecular weight is 193 g/mol. The predicted octanol–water partition coefficient (Wildman–Crippen LogP) is 1.79. The molecule has 0 amide bonds. The lowest BCUT2D eigenvalue weighted by molar-refractivity contribution is 0.0765. The van der Waals surface area contributed by atoms with Gasteiger partial charge >= 0.3 is 0 Å². The Morgan fingerprint density at radius 2 is 1.71 bits per heavy atom. The molecule has 14 heavy (non-hydrogen) atoms. The second-order valence-electron chi connectivity index (χ2n) is 5.91. The van der Waals surface area contributed by atoms with Crippen molar-refractivity contribution in [3.05, 3.63) is 0 Å². The van der Waals surface area contributed by atoms with Crippen LogP contribution in [-0.2, 0) is 4.74 Å². The molecule has 2 heteroatoms. The third kappa shape index (κ3) is 1.17. The molecule has 2 bridgehead atoms. The minimum absolute atomic E-state index is 0.381. The van der Waals surface area contributed by atoms with Gasteiger partial charge in [-0.25, -0.2) is 0 Å². The molecule has 0 aromatic carbocycles. The van der Waals surface area contributed by atoms with Crippen molar-refractivity contribution in [2.24, 2.45) is 5.92 Å². The lowest BCUT2D eigenvalue weighted by Crippen LogP contribution is -2.46. The lowest BCUT2D eigenvalue weighted by Gasteiger charge is -2.37. The first kappa shape index (κ1) is 8.12. The van der Waals surface area contributed by atoms with Gasteiger partial charge in [0.2, 0.25) is 0 Å². The Bertz CT molecular complexity index is 241. The van der Waals surface area contributed by atoms with Crippen LogP contribution in [0.3, 0.4) is 0 Å². The third-order valence-corrected chi connectivity index (χ3v) is 4.70. The molecule has 0 aromatic heterocycles. The number of fused-ring (bicyclic) bond motifs is 2. The van der Waals surface area contributed by atoms with Crippen LogP contribution in [0.15, 0.2) is 0 Å². The molecule has 4 fully saturated rings. The van der Waals surface area contributed by atoms with E-state index in [1.807, 2.05) is 0 Å². The van der Waals surface area contributed by atoms with Crippen LogP contribution in [0.4, 0.5) is 0 Å². The fraction of sp³-hybridized carbons (Fsp3) is 1.00. The highest BCUT2D eigenvalue weighted by Crippen LogP contribution is 2.49. The van der Waals surface area contributed by atoms with Crippen LogP contribution in [0.25, 0.3) is 0 Å². The van der Waals surface area contributed by atoms with Gasteiger partial charge in [-0.05, 0) is 44.4 Å². The van der Waals surface area contributed by atoms with Crippen LogP contribution in [0.2, 0.25) is 0 Å². The van der Waals surface area contributed by atoms with Gasteiger partial charge < -0.3 is 4.74 Å². The maximum Gasteiger partial charge on any atom is 0.0946 e. The summed E-state index contributed by atoms with van der Waals surface area (Å²) in [5.74, 6) is 1.06. The van der Waals surface area contributed by atoms with Crippen molar-refractivity contribution in [2.45, 2.75) is 56.2 Å². The van der Waals surface area contributed by atoms with Crippen LogP contribution >= 0.6 is 0 Å². The topological polar surface area (TPSA) is 15.8 Å². The summed E-state index contributed by atoms with van der Waals surface area (Å²) in [5.41, 5.74) is 0.381. The van der Waals surface area contributed by atoms with Crippen molar-refractivity contribution >= 4 is 0 Å². The number of ether oxygens (including phenoxy) is 1. The van der Waals surface area contributed by atoms with E-state index in [9.17, 15) is 0 Å². The van der Waals surface area contributed by atoms with Crippen molar-refractivity contribution < 1.29 is 4.74 Å². The summed E-state index contributed by atoms with van der Waals surface area (Å²) in [7, 11) is 0. The van der Waals surface area contributed by atoms with Gasteiger partial charge in [0, 0.05) is 18.6 Å². The van der Waals surface area contributed by atoms with Gasteiger partial charge in [0.15, 0.2) is 0 Å². The highest BCUT2D eigenvalue weighted by molar-refractivity contribution is 5.08. The molecule has 3 saturated heterocycles. The van der Waals surface area contributed by atoms with Gasteiger partial charge in [0.25, 0.3) is 0 Å². The van der Waals surface area contributed by atoms with Crippen molar-refractivity contribution in [1.29, 1.82) is 0 Å². The number of hydrogen-bond acceptors (Lipinski definition) is 2. The molecule has 3 heterocycles. The number of hydrogen-bond donors (Lipinski definition) is 0. The standard InChI is InChI=1S/C12H19NO/c1-2-9(1)7-13-10-3-4-11(13)6-12(5-10)8-14-12/h9-11H,1-8H2/t10-,11-/m0/s1. The zero-order valence-corrected chi connectivity index (χ0v) is 8.74. The summed E-state index contributed by atoms with van der Waals surface area (Å²) in [4.78, 5) is 2.82. The van der Waals surface area contributed by atoms with Crippen LogP contribution in [0.5, 0.6) is 0 Å². The molecular weight excluding hydrogens is 174 g/mol. The maximum atomic E-state index is 5.66. The molecule has 2 atom stereocenters. The molecule has 0 radical (unpaired) electrons. The first-order chi connectivity index (χ1) is 6.85. The normalized spacial score (nSPS) is 51.4. The molecule has 0 unspecified atom stereocenters. The molecular formula is C12H19NO. The third-order valence-electron chi connectivity index (χ3n) is 4.70. The maximum absolute atomic E-state index is 5.66. The number of piperidine rings is 1. The molecule has 1 saturated carbocycles. The van der Waals surface area contributed by atoms with E-state index in [2.05, 4.69) is 4.90 Å². The Balaban J connectivity index is 1.51. The first-order valence-electron chi connectivity index (χ1n) is 6.24. The van der Waals surface area contributed by atoms with Gasteiger partial charge in [-0.1, -0.05) is 0 Å². The van der Waals surface area contributed by atoms with Gasteiger partial charge in [0.05, 0.1) is 12.2 Å². The van der Waals surface area contributed by atoms with E-state index in [1.54, 1.807) is 0 Å². The monoisotopic (exact) mass is 193 g/mol. The summed E-state index contributed by atoms with van der Waals surface area (Å²) >= 11 is 0. The SMILES string of the molecule is C1CC1CN1[C@H]2CC[C@H]1CC1(CO1)C2. The molecule has 1 aliphatic carbocycles. The van der Waals surface area contributed by atoms with Crippen LogP contribution in [0, 0.1) is 5.92 Å². The van der Waals surface area contributed by atoms with E-state index < -0.39 is 0 Å². The Labute approximate surface area is 85.6 Å². The molecule has 78 valence electrons. The number of nitrogens with zero attached hydrogens (tertiary/aromatic N) is 1. The van der Waals surface area contributed by atoms with Gasteiger partial charge in [-0.3, -0.25) is 4.90 Å². The van der Waals surface area contributed by atoms with E-state index in [0.717, 1.165) is 24.6 Å². The average Bonchev–Trinajstić information content (AvgIpc) is 3.05. The van der Waals surface area contributed by atoms with E-state index in [0.29, 0.717) is 5.60 Å². The zero-order chi connectivity index (χ0) is 9.17. The van der Waals surface area contributed by atoms with Crippen molar-refractivity contribution in [3.63, 3.8) is 0 Å². The summed E-state index contributed by atoms with van der Waals surface area (Å²) in [6.45, 7) is 2.47. The van der Waals surface area contributed by atoms with Crippen molar-refractivity contribution in [2.75, 3.05) is 13.2 Å². The minimum Gasteiger partial charge on any atom is -0.369 e. The molecule has 3 aliphatic heterocycles. The van der Waals surface area contributed by atoms with E-state index >= 15 is 0 Å². The van der Waals surface area contributed by atoms with E-state index in [1.165, 1.54) is 45.1 Å². The van der Waals surface area contributed by atoms with E-state index in [-0.39, 0.29) is 0 Å². The molecule has 4 aliphatic rings. The molecule has 1 spiro atoms. The Kier molecular flexibility index (Phi) is 1.47. The Hall–Kier alpha value is -0.0800. The second kappa shape index (κ2) is 2.53.